The minimum Gasteiger partial charge on any atom is -0.339 e. The maximum atomic E-state index is 12.5. The van der Waals surface area contributed by atoms with E-state index < -0.39 is 0 Å². The highest BCUT2D eigenvalue weighted by molar-refractivity contribution is 7.98. The van der Waals surface area contributed by atoms with Gasteiger partial charge in [-0.05, 0) is 31.5 Å². The number of hydrogen-bond donors (Lipinski definition) is 1. The van der Waals surface area contributed by atoms with E-state index in [2.05, 4.69) is 27.4 Å². The molecule has 0 radical (unpaired) electrons. The molecule has 2 aliphatic rings. The molecule has 1 aromatic heterocycles. The highest BCUT2D eigenvalue weighted by Gasteiger charge is 2.36. The van der Waals surface area contributed by atoms with E-state index in [0.717, 1.165) is 30.2 Å². The van der Waals surface area contributed by atoms with E-state index in [0.29, 0.717) is 24.7 Å². The van der Waals surface area contributed by atoms with Crippen molar-refractivity contribution in [2.45, 2.75) is 23.3 Å². The van der Waals surface area contributed by atoms with Gasteiger partial charge in [0.05, 0.1) is 12.0 Å². The molecule has 2 unspecified atom stereocenters. The normalized spacial score (nSPS) is 23.5. The van der Waals surface area contributed by atoms with Crippen molar-refractivity contribution >= 4 is 35.8 Å². The van der Waals surface area contributed by atoms with Crippen LogP contribution in [0.15, 0.2) is 33.7 Å². The van der Waals surface area contributed by atoms with Crippen molar-refractivity contribution in [2.24, 2.45) is 0 Å². The molecular weight excluding hydrogens is 386 g/mol. The summed E-state index contributed by atoms with van der Waals surface area (Å²) in [5, 5.41) is 7.55. The van der Waals surface area contributed by atoms with E-state index in [4.69, 9.17) is 4.52 Å². The second-order valence-corrected chi connectivity index (χ2v) is 7.68. The summed E-state index contributed by atoms with van der Waals surface area (Å²) >= 11 is 1.67. The molecular formula is C18H24ClN5O2S. The minimum atomic E-state index is -0.0523. The second kappa shape index (κ2) is 8.60. The number of nitrogens with zero attached hydrogens (tertiary/aromatic N) is 4. The molecule has 1 aromatic carbocycles. The van der Waals surface area contributed by atoms with Crippen LogP contribution in [0.25, 0.3) is 0 Å². The van der Waals surface area contributed by atoms with Crippen molar-refractivity contribution < 1.29 is 9.32 Å². The smallest absolute Gasteiger partial charge is 0.232 e. The summed E-state index contributed by atoms with van der Waals surface area (Å²) in [5.41, 5.74) is 0.931. The lowest BCUT2D eigenvalue weighted by Gasteiger charge is -2.30. The zero-order valence-corrected chi connectivity index (χ0v) is 17.1. The molecule has 2 aromatic rings. The van der Waals surface area contributed by atoms with Crippen LogP contribution in [0.4, 0.5) is 5.69 Å². The number of halogens is 1. The summed E-state index contributed by atoms with van der Waals surface area (Å²) in [4.78, 5) is 22.3. The molecule has 0 spiro atoms. The molecule has 2 aliphatic heterocycles. The maximum absolute atomic E-state index is 12.5. The van der Waals surface area contributed by atoms with Gasteiger partial charge in [-0.3, -0.25) is 9.69 Å². The number of rotatable bonds is 4. The fourth-order valence-corrected chi connectivity index (χ4v) is 4.00. The Kier molecular flexibility index (Phi) is 6.41. The number of amides is 1. The molecule has 0 aliphatic carbocycles. The predicted octanol–water partition coefficient (Wildman–Crippen LogP) is 2.31. The SMILES string of the molecule is CSc1cccc(N2CC(c3nc(C4CNCCN4C)no3)CC2=O)c1.Cl. The van der Waals surface area contributed by atoms with Gasteiger partial charge < -0.3 is 14.7 Å². The van der Waals surface area contributed by atoms with Crippen LogP contribution < -0.4 is 10.2 Å². The van der Waals surface area contributed by atoms with Crippen molar-refractivity contribution in [2.75, 3.05) is 44.4 Å². The van der Waals surface area contributed by atoms with Crippen LogP contribution in [0.1, 0.15) is 30.1 Å². The third-order valence-electron chi connectivity index (χ3n) is 5.11. The number of nitrogens with one attached hydrogen (secondary N) is 1. The van der Waals surface area contributed by atoms with Crippen molar-refractivity contribution in [1.82, 2.24) is 20.4 Å². The Morgan fingerprint density at radius 3 is 3.00 bits per heavy atom. The van der Waals surface area contributed by atoms with Crippen LogP contribution in [0, 0.1) is 0 Å². The van der Waals surface area contributed by atoms with Crippen LogP contribution >= 0.6 is 24.2 Å². The molecule has 0 saturated carbocycles. The minimum absolute atomic E-state index is 0. The van der Waals surface area contributed by atoms with Crippen molar-refractivity contribution in [1.29, 1.82) is 0 Å². The summed E-state index contributed by atoms with van der Waals surface area (Å²) in [7, 11) is 2.07. The number of thioether (sulfide) groups is 1. The van der Waals surface area contributed by atoms with Gasteiger partial charge >= 0.3 is 0 Å². The van der Waals surface area contributed by atoms with Crippen LogP contribution in [0.5, 0.6) is 0 Å². The van der Waals surface area contributed by atoms with E-state index in [1.54, 1.807) is 11.8 Å². The number of benzene rings is 1. The molecule has 9 heteroatoms. The van der Waals surface area contributed by atoms with Gasteiger partial charge in [0.1, 0.15) is 0 Å². The summed E-state index contributed by atoms with van der Waals surface area (Å²) in [6, 6.07) is 8.17. The van der Waals surface area contributed by atoms with E-state index in [1.165, 1.54) is 0 Å². The fraction of sp³-hybridized carbons (Fsp3) is 0.500. The van der Waals surface area contributed by atoms with Gasteiger partial charge in [-0.25, -0.2) is 0 Å². The first-order valence-electron chi connectivity index (χ1n) is 8.84. The van der Waals surface area contributed by atoms with Gasteiger partial charge in [-0.2, -0.15) is 4.98 Å². The number of aromatic nitrogens is 2. The fourth-order valence-electron chi connectivity index (χ4n) is 3.54. The van der Waals surface area contributed by atoms with E-state index >= 15 is 0 Å². The Labute approximate surface area is 169 Å². The second-order valence-electron chi connectivity index (χ2n) is 6.80. The summed E-state index contributed by atoms with van der Waals surface area (Å²) in [5.74, 6) is 1.31. The first-order chi connectivity index (χ1) is 12.7. The summed E-state index contributed by atoms with van der Waals surface area (Å²) in [6.07, 6.45) is 2.44. The zero-order chi connectivity index (χ0) is 18.1. The Bertz CT molecular complexity index is 802. The highest BCUT2D eigenvalue weighted by Crippen LogP contribution is 2.33. The number of carbonyl (C=O) groups excluding carboxylic acids is 1. The first-order valence-corrected chi connectivity index (χ1v) is 10.1. The molecule has 2 saturated heterocycles. The average molecular weight is 410 g/mol. The van der Waals surface area contributed by atoms with Gasteiger partial charge in [0.2, 0.25) is 11.8 Å². The quantitative estimate of drug-likeness (QED) is 0.776. The van der Waals surface area contributed by atoms with Crippen molar-refractivity contribution in [3.05, 3.63) is 36.0 Å². The predicted molar refractivity (Wildman–Crippen MR) is 108 cm³/mol. The average Bonchev–Trinajstić information content (AvgIpc) is 3.29. The van der Waals surface area contributed by atoms with Gasteiger partial charge in [-0.15, -0.1) is 24.2 Å². The first kappa shape index (κ1) is 20.1. The maximum Gasteiger partial charge on any atom is 0.232 e. The zero-order valence-electron chi connectivity index (χ0n) is 15.4. The number of anilines is 1. The third kappa shape index (κ3) is 4.13. The summed E-state index contributed by atoms with van der Waals surface area (Å²) < 4.78 is 5.53. The highest BCUT2D eigenvalue weighted by atomic mass is 35.5. The van der Waals surface area contributed by atoms with Crippen LogP contribution in [-0.4, -0.2) is 60.4 Å². The molecule has 1 N–H and O–H groups in total. The Hall–Kier alpha value is -1.61. The van der Waals surface area contributed by atoms with E-state index in [1.807, 2.05) is 35.4 Å². The molecule has 2 fully saturated rings. The Morgan fingerprint density at radius 2 is 2.22 bits per heavy atom. The molecule has 27 heavy (non-hydrogen) atoms. The summed E-state index contributed by atoms with van der Waals surface area (Å²) in [6.45, 7) is 3.32. The number of likely N-dealkylation sites (N-methyl/N-ethyl adjacent to an activating group) is 1. The van der Waals surface area contributed by atoms with Crippen LogP contribution in [-0.2, 0) is 4.79 Å². The van der Waals surface area contributed by atoms with Crippen molar-refractivity contribution in [3.63, 3.8) is 0 Å². The molecule has 7 nitrogen and oxygen atoms in total. The van der Waals surface area contributed by atoms with Gasteiger partial charge in [0.25, 0.3) is 0 Å². The van der Waals surface area contributed by atoms with Gasteiger partial charge in [-0.1, -0.05) is 11.2 Å². The monoisotopic (exact) mass is 409 g/mol. The number of hydrogen-bond acceptors (Lipinski definition) is 7. The Morgan fingerprint density at radius 1 is 1.37 bits per heavy atom. The number of piperazine rings is 1. The molecule has 1 amide bonds. The van der Waals surface area contributed by atoms with Crippen LogP contribution in [0.3, 0.4) is 0 Å². The molecule has 4 rings (SSSR count). The Balaban J connectivity index is 0.00000210. The van der Waals surface area contributed by atoms with Crippen molar-refractivity contribution in [3.8, 4) is 0 Å². The lowest BCUT2D eigenvalue weighted by Crippen LogP contribution is -2.44. The standard InChI is InChI=1S/C18H23N5O2S.ClH/c1-22-7-6-19-10-15(22)17-20-18(25-21-17)12-8-16(24)23(11-12)13-4-3-5-14(9-13)26-2;/h3-5,9,12,15,19H,6-8,10-11H2,1-2H3;1H. The van der Waals surface area contributed by atoms with Gasteiger partial charge in [0, 0.05) is 43.2 Å². The third-order valence-corrected chi connectivity index (χ3v) is 5.83. The lowest BCUT2D eigenvalue weighted by atomic mass is 10.1. The molecule has 3 heterocycles. The van der Waals surface area contributed by atoms with Crippen LogP contribution in [0.2, 0.25) is 0 Å². The number of carbonyl (C=O) groups is 1. The largest absolute Gasteiger partial charge is 0.339 e. The van der Waals surface area contributed by atoms with E-state index in [9.17, 15) is 4.79 Å². The topological polar surface area (TPSA) is 74.5 Å². The molecule has 0 bridgehead atoms. The van der Waals surface area contributed by atoms with Gasteiger partial charge in [0.15, 0.2) is 5.82 Å². The molecule has 146 valence electrons. The lowest BCUT2D eigenvalue weighted by molar-refractivity contribution is -0.117. The molecule has 2 atom stereocenters. The van der Waals surface area contributed by atoms with E-state index in [-0.39, 0.29) is 30.3 Å².